The summed E-state index contributed by atoms with van der Waals surface area (Å²) in [7, 11) is 0. The number of aryl methyl sites for hydroxylation is 1. The van der Waals surface area contributed by atoms with Crippen LogP contribution in [0.4, 0.5) is 17.2 Å². The monoisotopic (exact) mass is 350 g/mol. The van der Waals surface area contributed by atoms with Crippen molar-refractivity contribution in [3.63, 3.8) is 0 Å². The molecule has 8 heteroatoms. The summed E-state index contributed by atoms with van der Waals surface area (Å²) in [5.41, 5.74) is 1.71. The summed E-state index contributed by atoms with van der Waals surface area (Å²) in [5.74, 6) is 0.831. The predicted octanol–water partition coefficient (Wildman–Crippen LogP) is 2.52. The van der Waals surface area contributed by atoms with E-state index in [1.54, 1.807) is 13.0 Å². The van der Waals surface area contributed by atoms with Crippen LogP contribution in [0.2, 0.25) is 5.02 Å². The molecule has 2 N–H and O–H groups in total. The predicted molar refractivity (Wildman–Crippen MR) is 92.8 cm³/mol. The van der Waals surface area contributed by atoms with Gasteiger partial charge in [0.15, 0.2) is 5.82 Å². The lowest BCUT2D eigenvalue weighted by atomic mass is 10.2. The molecule has 1 amide bonds. The molecule has 7 nitrogen and oxygen atoms in total. The molecule has 0 aliphatic carbocycles. The molecule has 0 atom stereocenters. The van der Waals surface area contributed by atoms with Crippen LogP contribution < -0.4 is 15.5 Å². The molecule has 0 bridgehead atoms. The third kappa shape index (κ3) is 3.98. The van der Waals surface area contributed by atoms with Crippen molar-refractivity contribution in [2.75, 3.05) is 48.4 Å². The highest BCUT2D eigenvalue weighted by Crippen LogP contribution is 2.34. The molecule has 128 valence electrons. The molecule has 2 heterocycles. The zero-order valence-electron chi connectivity index (χ0n) is 13.3. The van der Waals surface area contributed by atoms with Gasteiger partial charge in [-0.05, 0) is 19.1 Å². The first kappa shape index (κ1) is 16.6. The molecule has 3 rings (SSSR count). The van der Waals surface area contributed by atoms with Crippen LogP contribution in [0.1, 0.15) is 5.76 Å². The van der Waals surface area contributed by atoms with Gasteiger partial charge >= 0.3 is 0 Å². The first-order chi connectivity index (χ1) is 11.6. The molecule has 0 saturated carbocycles. The zero-order valence-corrected chi connectivity index (χ0v) is 14.1. The number of ether oxygens (including phenoxy) is 1. The van der Waals surface area contributed by atoms with Crippen molar-refractivity contribution in [3.05, 3.63) is 35.0 Å². The minimum Gasteiger partial charge on any atom is -0.378 e. The number of nitrogens with one attached hydrogen (secondary N) is 2. The van der Waals surface area contributed by atoms with Crippen molar-refractivity contribution in [3.8, 4) is 0 Å². The molecule has 1 aliphatic heterocycles. The van der Waals surface area contributed by atoms with E-state index >= 15 is 0 Å². The summed E-state index contributed by atoms with van der Waals surface area (Å²) in [6.07, 6.45) is 0. The number of carbonyl (C=O) groups is 1. The number of benzene rings is 1. The Labute approximate surface area is 144 Å². The van der Waals surface area contributed by atoms with Crippen molar-refractivity contribution < 1.29 is 14.1 Å². The van der Waals surface area contributed by atoms with Gasteiger partial charge in [0.2, 0.25) is 5.91 Å². The maximum Gasteiger partial charge on any atom is 0.244 e. The van der Waals surface area contributed by atoms with E-state index in [2.05, 4.69) is 20.7 Å². The van der Waals surface area contributed by atoms with E-state index in [0.29, 0.717) is 29.8 Å². The Bertz CT molecular complexity index is 713. The van der Waals surface area contributed by atoms with E-state index in [4.69, 9.17) is 20.9 Å². The number of amides is 1. The van der Waals surface area contributed by atoms with Gasteiger partial charge in [0.25, 0.3) is 0 Å². The average Bonchev–Trinajstić information content (AvgIpc) is 2.98. The quantitative estimate of drug-likeness (QED) is 0.862. The van der Waals surface area contributed by atoms with Gasteiger partial charge < -0.3 is 24.8 Å². The molecule has 1 aromatic carbocycles. The Morgan fingerprint density at radius 2 is 2.17 bits per heavy atom. The number of rotatable bonds is 5. The molecule has 1 fully saturated rings. The van der Waals surface area contributed by atoms with Gasteiger partial charge in [0, 0.05) is 19.2 Å². The van der Waals surface area contributed by atoms with Crippen LogP contribution in [0, 0.1) is 6.92 Å². The van der Waals surface area contributed by atoms with Crippen LogP contribution >= 0.6 is 11.6 Å². The minimum atomic E-state index is -0.212. The van der Waals surface area contributed by atoms with Gasteiger partial charge in [0.1, 0.15) is 5.76 Å². The van der Waals surface area contributed by atoms with Gasteiger partial charge in [-0.2, -0.15) is 0 Å². The molecular formula is C16H19ClN4O3. The number of nitrogens with zero attached hydrogens (tertiary/aromatic N) is 2. The lowest BCUT2D eigenvalue weighted by molar-refractivity contribution is -0.114. The Kier molecular flexibility index (Phi) is 5.22. The average molecular weight is 351 g/mol. The second-order valence-corrected chi connectivity index (χ2v) is 5.87. The Morgan fingerprint density at radius 3 is 2.88 bits per heavy atom. The molecule has 24 heavy (non-hydrogen) atoms. The minimum absolute atomic E-state index is 0.101. The van der Waals surface area contributed by atoms with E-state index < -0.39 is 0 Å². The molecule has 0 radical (unpaired) electrons. The lowest BCUT2D eigenvalue weighted by Crippen LogP contribution is -2.37. The number of hydrogen-bond acceptors (Lipinski definition) is 6. The van der Waals surface area contributed by atoms with E-state index in [1.807, 2.05) is 18.2 Å². The van der Waals surface area contributed by atoms with Crippen LogP contribution in [0.25, 0.3) is 0 Å². The summed E-state index contributed by atoms with van der Waals surface area (Å²) >= 11 is 6.37. The van der Waals surface area contributed by atoms with Crippen molar-refractivity contribution in [1.29, 1.82) is 0 Å². The van der Waals surface area contributed by atoms with Crippen molar-refractivity contribution >= 4 is 34.7 Å². The van der Waals surface area contributed by atoms with Crippen molar-refractivity contribution in [1.82, 2.24) is 5.16 Å². The summed E-state index contributed by atoms with van der Waals surface area (Å²) < 4.78 is 10.3. The number of hydrogen-bond donors (Lipinski definition) is 2. The van der Waals surface area contributed by atoms with Crippen LogP contribution in [0.15, 0.2) is 28.8 Å². The maximum absolute atomic E-state index is 12.0. The maximum atomic E-state index is 12.0. The van der Waals surface area contributed by atoms with E-state index in [0.717, 1.165) is 24.5 Å². The fraction of sp³-hybridized carbons (Fsp3) is 0.375. The third-order valence-corrected chi connectivity index (χ3v) is 3.95. The van der Waals surface area contributed by atoms with Crippen LogP contribution in [-0.4, -0.2) is 43.9 Å². The topological polar surface area (TPSA) is 79.6 Å². The first-order valence-electron chi connectivity index (χ1n) is 7.72. The van der Waals surface area contributed by atoms with Gasteiger partial charge in [-0.3, -0.25) is 4.79 Å². The number of anilines is 3. The zero-order chi connectivity index (χ0) is 16.9. The third-order valence-electron chi connectivity index (χ3n) is 3.65. The number of para-hydroxylation sites is 1. The highest BCUT2D eigenvalue weighted by Gasteiger charge is 2.18. The van der Waals surface area contributed by atoms with Gasteiger partial charge in [-0.1, -0.05) is 22.8 Å². The summed E-state index contributed by atoms with van der Waals surface area (Å²) in [5, 5.41) is 10.2. The number of halogens is 1. The number of carbonyl (C=O) groups excluding carboxylic acids is 1. The fourth-order valence-electron chi connectivity index (χ4n) is 2.55. The fourth-order valence-corrected chi connectivity index (χ4v) is 2.85. The first-order valence-corrected chi connectivity index (χ1v) is 8.09. The van der Waals surface area contributed by atoms with Crippen molar-refractivity contribution in [2.45, 2.75) is 6.92 Å². The second kappa shape index (κ2) is 7.55. The molecule has 2 aromatic rings. The Hall–Kier alpha value is -2.25. The molecule has 0 unspecified atom stereocenters. The van der Waals surface area contributed by atoms with E-state index in [-0.39, 0.29) is 12.5 Å². The summed E-state index contributed by atoms with van der Waals surface area (Å²) in [4.78, 5) is 14.2. The summed E-state index contributed by atoms with van der Waals surface area (Å²) in [6, 6.07) is 7.27. The Balaban J connectivity index is 1.66. The molecular weight excluding hydrogens is 332 g/mol. The summed E-state index contributed by atoms with van der Waals surface area (Å²) in [6.45, 7) is 4.73. The largest absolute Gasteiger partial charge is 0.378 e. The van der Waals surface area contributed by atoms with Crippen LogP contribution in [0.5, 0.6) is 0 Å². The van der Waals surface area contributed by atoms with E-state index in [9.17, 15) is 4.79 Å². The highest BCUT2D eigenvalue weighted by molar-refractivity contribution is 6.34. The SMILES string of the molecule is Cc1cc(NC(=O)CNc2cccc(Cl)c2N2CCOCC2)no1. The van der Waals surface area contributed by atoms with Gasteiger partial charge in [0.05, 0.1) is 36.2 Å². The van der Waals surface area contributed by atoms with Gasteiger partial charge in [-0.15, -0.1) is 0 Å². The molecule has 1 saturated heterocycles. The van der Waals surface area contributed by atoms with Gasteiger partial charge in [-0.25, -0.2) is 0 Å². The molecule has 1 aliphatic rings. The normalized spacial score (nSPS) is 14.5. The standard InChI is InChI=1S/C16H19ClN4O3/c1-11-9-14(20-24-11)19-15(22)10-18-13-4-2-3-12(17)16(13)21-5-7-23-8-6-21/h2-4,9,18H,5-8,10H2,1H3,(H,19,20,22). The Morgan fingerprint density at radius 1 is 1.38 bits per heavy atom. The molecule has 0 spiro atoms. The highest BCUT2D eigenvalue weighted by atomic mass is 35.5. The number of morpholine rings is 1. The van der Waals surface area contributed by atoms with E-state index in [1.165, 1.54) is 0 Å². The van der Waals surface area contributed by atoms with Crippen molar-refractivity contribution in [2.24, 2.45) is 0 Å². The molecule has 1 aromatic heterocycles. The second-order valence-electron chi connectivity index (χ2n) is 5.46. The number of aromatic nitrogens is 1. The van der Waals surface area contributed by atoms with Crippen LogP contribution in [-0.2, 0) is 9.53 Å². The lowest BCUT2D eigenvalue weighted by Gasteiger charge is -2.31. The smallest absolute Gasteiger partial charge is 0.244 e. The van der Waals surface area contributed by atoms with Crippen LogP contribution in [0.3, 0.4) is 0 Å².